The molecule has 0 aliphatic carbocycles. The number of guanidine groups is 1. The van der Waals surface area contributed by atoms with Gasteiger partial charge in [-0.2, -0.15) is 0 Å². The van der Waals surface area contributed by atoms with Crippen LogP contribution in [0.2, 0.25) is 5.02 Å². The van der Waals surface area contributed by atoms with Crippen LogP contribution in [0.1, 0.15) is 24.5 Å². The molecular weight excluding hydrogens is 489 g/mol. The summed E-state index contributed by atoms with van der Waals surface area (Å²) in [7, 11) is 0. The number of rotatable bonds is 6. The fraction of sp³-hybridized carbons (Fsp3) is 0.400. The van der Waals surface area contributed by atoms with E-state index < -0.39 is 0 Å². The monoisotopic (exact) mass is 515 g/mol. The molecule has 2 heterocycles. The van der Waals surface area contributed by atoms with E-state index in [0.29, 0.717) is 11.6 Å². The third-order valence-corrected chi connectivity index (χ3v) is 4.90. The Labute approximate surface area is 188 Å². The SMILES string of the molecule is CCNC(=NCc1ccccc1CO)NC1CCN(c2ncccc2Cl)C1.I. The van der Waals surface area contributed by atoms with Crippen LogP contribution in [-0.2, 0) is 13.2 Å². The highest BCUT2D eigenvalue weighted by Gasteiger charge is 2.25. The highest BCUT2D eigenvalue weighted by Crippen LogP contribution is 2.25. The number of aliphatic hydroxyl groups excluding tert-OH is 1. The lowest BCUT2D eigenvalue weighted by molar-refractivity contribution is 0.280. The lowest BCUT2D eigenvalue weighted by Gasteiger charge is -2.20. The number of halogens is 2. The Morgan fingerprint density at radius 1 is 1.29 bits per heavy atom. The molecule has 1 unspecified atom stereocenters. The van der Waals surface area contributed by atoms with Crippen LogP contribution in [0.5, 0.6) is 0 Å². The summed E-state index contributed by atoms with van der Waals surface area (Å²) in [5.41, 5.74) is 1.94. The van der Waals surface area contributed by atoms with E-state index in [1.807, 2.05) is 43.3 Å². The van der Waals surface area contributed by atoms with Crippen LogP contribution in [0.4, 0.5) is 5.82 Å². The Bertz CT molecular complexity index is 789. The van der Waals surface area contributed by atoms with Crippen LogP contribution >= 0.6 is 35.6 Å². The predicted octanol–water partition coefficient (Wildman–Crippen LogP) is 3.18. The molecule has 0 spiro atoms. The maximum atomic E-state index is 9.47. The molecule has 2 aromatic rings. The molecule has 1 aromatic carbocycles. The first-order valence-electron chi connectivity index (χ1n) is 9.29. The van der Waals surface area contributed by atoms with Crippen LogP contribution in [0.3, 0.4) is 0 Å². The van der Waals surface area contributed by atoms with Crippen molar-refractivity contribution >= 4 is 47.4 Å². The molecule has 152 valence electrons. The molecule has 1 fully saturated rings. The lowest BCUT2D eigenvalue weighted by Crippen LogP contribution is -2.44. The number of hydrogen-bond donors (Lipinski definition) is 3. The van der Waals surface area contributed by atoms with Gasteiger partial charge in [0.05, 0.1) is 18.2 Å². The molecule has 3 N–H and O–H groups in total. The average Bonchev–Trinajstić information content (AvgIpc) is 3.15. The molecular formula is C20H27ClIN5O. The zero-order valence-corrected chi connectivity index (χ0v) is 19.0. The molecule has 0 saturated carbocycles. The van der Waals surface area contributed by atoms with Gasteiger partial charge in [-0.3, -0.25) is 0 Å². The summed E-state index contributed by atoms with van der Waals surface area (Å²) in [4.78, 5) is 11.3. The number of aliphatic imine (C=N–C) groups is 1. The van der Waals surface area contributed by atoms with Gasteiger partial charge in [-0.15, -0.1) is 24.0 Å². The van der Waals surface area contributed by atoms with Crippen molar-refractivity contribution in [2.45, 2.75) is 32.5 Å². The van der Waals surface area contributed by atoms with Crippen LogP contribution in [0.15, 0.2) is 47.6 Å². The number of nitrogens with one attached hydrogen (secondary N) is 2. The number of benzene rings is 1. The number of aromatic nitrogens is 1. The van der Waals surface area contributed by atoms with Gasteiger partial charge < -0.3 is 20.6 Å². The largest absolute Gasteiger partial charge is 0.392 e. The highest BCUT2D eigenvalue weighted by atomic mass is 127. The third-order valence-electron chi connectivity index (χ3n) is 4.61. The summed E-state index contributed by atoms with van der Waals surface area (Å²) in [6, 6.07) is 11.8. The van der Waals surface area contributed by atoms with Crippen molar-refractivity contribution in [2.75, 3.05) is 24.5 Å². The Morgan fingerprint density at radius 2 is 2.07 bits per heavy atom. The molecule has 1 aliphatic rings. The van der Waals surface area contributed by atoms with E-state index in [1.165, 1.54) is 0 Å². The molecule has 3 rings (SSSR count). The Morgan fingerprint density at radius 3 is 2.79 bits per heavy atom. The maximum Gasteiger partial charge on any atom is 0.191 e. The number of anilines is 1. The second-order valence-corrected chi connectivity index (χ2v) is 6.91. The molecule has 0 amide bonds. The summed E-state index contributed by atoms with van der Waals surface area (Å²) < 4.78 is 0. The van der Waals surface area contributed by atoms with Crippen molar-refractivity contribution in [3.05, 3.63) is 58.7 Å². The van der Waals surface area contributed by atoms with Crippen molar-refractivity contribution in [1.82, 2.24) is 15.6 Å². The van der Waals surface area contributed by atoms with Gasteiger partial charge in [-0.1, -0.05) is 35.9 Å². The molecule has 1 atom stereocenters. The number of pyridine rings is 1. The Balaban J connectivity index is 0.00000280. The Hall–Kier alpha value is -1.58. The molecule has 6 nitrogen and oxygen atoms in total. The van der Waals surface area contributed by atoms with E-state index >= 15 is 0 Å². The average molecular weight is 516 g/mol. The van der Waals surface area contributed by atoms with Crippen molar-refractivity contribution in [2.24, 2.45) is 4.99 Å². The van der Waals surface area contributed by atoms with Gasteiger partial charge in [0.25, 0.3) is 0 Å². The second kappa shape index (κ2) is 11.4. The zero-order chi connectivity index (χ0) is 19.1. The third kappa shape index (κ3) is 5.96. The summed E-state index contributed by atoms with van der Waals surface area (Å²) in [6.45, 7) is 5.12. The maximum absolute atomic E-state index is 9.47. The van der Waals surface area contributed by atoms with Gasteiger partial charge in [0.2, 0.25) is 0 Å². The normalized spacial score (nSPS) is 16.6. The topological polar surface area (TPSA) is 72.8 Å². The van der Waals surface area contributed by atoms with Crippen LogP contribution in [0, 0.1) is 0 Å². The van der Waals surface area contributed by atoms with Crippen LogP contribution in [0.25, 0.3) is 0 Å². The molecule has 1 aromatic heterocycles. The van der Waals surface area contributed by atoms with Gasteiger partial charge in [-0.25, -0.2) is 9.98 Å². The summed E-state index contributed by atoms with van der Waals surface area (Å²) in [6.07, 6.45) is 2.76. The van der Waals surface area contributed by atoms with Gasteiger partial charge in [0, 0.05) is 31.9 Å². The lowest BCUT2D eigenvalue weighted by atomic mass is 10.1. The predicted molar refractivity (Wildman–Crippen MR) is 126 cm³/mol. The smallest absolute Gasteiger partial charge is 0.191 e. The standard InChI is InChI=1S/C20H26ClN5O.HI/c1-2-22-20(24-12-15-6-3-4-7-16(15)14-27)25-17-9-11-26(13-17)19-18(21)8-5-10-23-19;/h3-8,10,17,27H,2,9,11-14H2,1H3,(H2,22,24,25);1H. The van der Waals surface area contributed by atoms with Crippen LogP contribution < -0.4 is 15.5 Å². The summed E-state index contributed by atoms with van der Waals surface area (Å²) in [5, 5.41) is 17.0. The first-order chi connectivity index (χ1) is 13.2. The van der Waals surface area contributed by atoms with E-state index in [1.54, 1.807) is 6.20 Å². The number of hydrogen-bond acceptors (Lipinski definition) is 4. The molecule has 0 radical (unpaired) electrons. The van der Waals surface area contributed by atoms with Crippen molar-refractivity contribution in [1.29, 1.82) is 0 Å². The summed E-state index contributed by atoms with van der Waals surface area (Å²) >= 11 is 6.27. The molecule has 1 saturated heterocycles. The van der Waals surface area contributed by atoms with E-state index in [-0.39, 0.29) is 36.6 Å². The fourth-order valence-electron chi connectivity index (χ4n) is 3.22. The summed E-state index contributed by atoms with van der Waals surface area (Å²) in [5.74, 6) is 1.62. The van der Waals surface area contributed by atoms with Gasteiger partial charge in [-0.05, 0) is 36.6 Å². The first kappa shape index (κ1) is 22.7. The molecule has 0 bridgehead atoms. The highest BCUT2D eigenvalue weighted by molar-refractivity contribution is 14.0. The number of aliphatic hydroxyl groups is 1. The van der Waals surface area contributed by atoms with Gasteiger partial charge in [0.15, 0.2) is 5.96 Å². The van der Waals surface area contributed by atoms with Gasteiger partial charge in [0.1, 0.15) is 5.82 Å². The van der Waals surface area contributed by atoms with E-state index in [2.05, 4.69) is 20.5 Å². The zero-order valence-electron chi connectivity index (χ0n) is 15.9. The molecule has 28 heavy (non-hydrogen) atoms. The minimum absolute atomic E-state index is 0. The van der Waals surface area contributed by atoms with E-state index in [9.17, 15) is 5.11 Å². The van der Waals surface area contributed by atoms with Crippen molar-refractivity contribution < 1.29 is 5.11 Å². The minimum atomic E-state index is 0. The first-order valence-corrected chi connectivity index (χ1v) is 9.67. The second-order valence-electron chi connectivity index (χ2n) is 6.51. The number of nitrogens with zero attached hydrogens (tertiary/aromatic N) is 3. The molecule has 8 heteroatoms. The van der Waals surface area contributed by atoms with Crippen LogP contribution in [-0.4, -0.2) is 41.7 Å². The van der Waals surface area contributed by atoms with E-state index in [0.717, 1.165) is 49.0 Å². The van der Waals surface area contributed by atoms with Gasteiger partial charge >= 0.3 is 0 Å². The van der Waals surface area contributed by atoms with Crippen molar-refractivity contribution in [3.63, 3.8) is 0 Å². The fourth-order valence-corrected chi connectivity index (χ4v) is 3.47. The van der Waals surface area contributed by atoms with E-state index in [4.69, 9.17) is 16.6 Å². The quantitative estimate of drug-likeness (QED) is 0.313. The van der Waals surface area contributed by atoms with Crippen molar-refractivity contribution in [3.8, 4) is 0 Å². The minimum Gasteiger partial charge on any atom is -0.392 e. The Kier molecular flexibility index (Phi) is 9.27. The molecule has 1 aliphatic heterocycles.